The lowest BCUT2D eigenvalue weighted by molar-refractivity contribution is -0.0337. The van der Waals surface area contributed by atoms with Crippen molar-refractivity contribution in [2.24, 2.45) is 5.41 Å². The van der Waals surface area contributed by atoms with Gasteiger partial charge in [-0.15, -0.1) is 6.58 Å². The van der Waals surface area contributed by atoms with Crippen molar-refractivity contribution in [1.29, 1.82) is 0 Å². The van der Waals surface area contributed by atoms with Gasteiger partial charge < -0.3 is 14.2 Å². The lowest BCUT2D eigenvalue weighted by atomic mass is 9.94. The second kappa shape index (κ2) is 7.06. The molecule has 0 aromatic heterocycles. The first kappa shape index (κ1) is 12.6. The minimum absolute atomic E-state index is 0.0630. The van der Waals surface area contributed by atoms with E-state index in [0.29, 0.717) is 26.4 Å². The number of methoxy groups -OCH3 is 2. The van der Waals surface area contributed by atoms with E-state index < -0.39 is 0 Å². The van der Waals surface area contributed by atoms with Gasteiger partial charge in [-0.05, 0) is 0 Å². The molecule has 0 aliphatic carbocycles. The van der Waals surface area contributed by atoms with Crippen LogP contribution in [-0.4, -0.2) is 40.6 Å². The summed E-state index contributed by atoms with van der Waals surface area (Å²) in [6.45, 7) is 8.13. The average molecular weight is 188 g/mol. The summed E-state index contributed by atoms with van der Waals surface area (Å²) >= 11 is 0. The number of hydrogen-bond acceptors (Lipinski definition) is 3. The minimum atomic E-state index is -0.0630. The summed E-state index contributed by atoms with van der Waals surface area (Å²) in [5.41, 5.74) is -0.0630. The normalized spacial score (nSPS) is 11.6. The second-order valence-electron chi connectivity index (χ2n) is 3.48. The summed E-state index contributed by atoms with van der Waals surface area (Å²) in [7, 11) is 3.36. The summed E-state index contributed by atoms with van der Waals surface area (Å²) in [6.07, 6.45) is 1.74. The molecule has 0 unspecified atom stereocenters. The van der Waals surface area contributed by atoms with E-state index in [0.717, 1.165) is 0 Å². The smallest absolute Gasteiger partial charge is 0.0645 e. The van der Waals surface area contributed by atoms with Gasteiger partial charge in [0.2, 0.25) is 0 Å². The maximum absolute atomic E-state index is 5.38. The van der Waals surface area contributed by atoms with Crippen molar-refractivity contribution in [1.82, 2.24) is 0 Å². The molecule has 0 saturated carbocycles. The molecule has 3 heteroatoms. The lowest BCUT2D eigenvalue weighted by Gasteiger charge is -2.27. The minimum Gasteiger partial charge on any atom is -0.384 e. The molecule has 0 radical (unpaired) electrons. The molecule has 0 atom stereocenters. The Morgan fingerprint density at radius 2 is 1.69 bits per heavy atom. The van der Waals surface area contributed by atoms with Crippen LogP contribution in [-0.2, 0) is 14.2 Å². The van der Waals surface area contributed by atoms with Crippen molar-refractivity contribution >= 4 is 0 Å². The Hall–Kier alpha value is -0.380. The Balaban J connectivity index is 3.83. The predicted octanol–water partition coefficient (Wildman–Crippen LogP) is 1.49. The third-order valence-corrected chi connectivity index (χ3v) is 1.67. The predicted molar refractivity (Wildman–Crippen MR) is 52.9 cm³/mol. The zero-order valence-electron chi connectivity index (χ0n) is 8.84. The van der Waals surface area contributed by atoms with Crippen LogP contribution in [0.4, 0.5) is 0 Å². The quantitative estimate of drug-likeness (QED) is 0.426. The van der Waals surface area contributed by atoms with Crippen molar-refractivity contribution in [2.45, 2.75) is 6.92 Å². The summed E-state index contributed by atoms with van der Waals surface area (Å²) in [5, 5.41) is 0. The van der Waals surface area contributed by atoms with E-state index in [2.05, 4.69) is 13.5 Å². The first-order valence-corrected chi connectivity index (χ1v) is 4.35. The zero-order chi connectivity index (χ0) is 10.2. The van der Waals surface area contributed by atoms with Gasteiger partial charge in [-0.1, -0.05) is 13.0 Å². The molecular formula is C10H20O3. The second-order valence-corrected chi connectivity index (χ2v) is 3.48. The standard InChI is InChI=1S/C10H20O3/c1-5-6-13-9-10(2,7-11-3)8-12-4/h5H,1,6-9H2,2-4H3. The summed E-state index contributed by atoms with van der Waals surface area (Å²) in [5.74, 6) is 0. The Labute approximate surface area is 80.7 Å². The summed E-state index contributed by atoms with van der Waals surface area (Å²) in [6, 6.07) is 0. The molecule has 3 nitrogen and oxygen atoms in total. The number of rotatable bonds is 8. The van der Waals surface area contributed by atoms with Gasteiger partial charge in [0.25, 0.3) is 0 Å². The van der Waals surface area contributed by atoms with Crippen molar-refractivity contribution in [3.05, 3.63) is 12.7 Å². The Morgan fingerprint density at radius 3 is 2.08 bits per heavy atom. The van der Waals surface area contributed by atoms with E-state index in [1.165, 1.54) is 0 Å². The van der Waals surface area contributed by atoms with Crippen molar-refractivity contribution < 1.29 is 14.2 Å². The monoisotopic (exact) mass is 188 g/mol. The molecule has 13 heavy (non-hydrogen) atoms. The van der Waals surface area contributed by atoms with E-state index in [4.69, 9.17) is 14.2 Å². The third-order valence-electron chi connectivity index (χ3n) is 1.67. The zero-order valence-corrected chi connectivity index (χ0v) is 8.84. The van der Waals surface area contributed by atoms with Gasteiger partial charge in [0.1, 0.15) is 0 Å². The fourth-order valence-corrected chi connectivity index (χ4v) is 1.21. The van der Waals surface area contributed by atoms with Crippen molar-refractivity contribution in [3.63, 3.8) is 0 Å². The lowest BCUT2D eigenvalue weighted by Crippen LogP contribution is -2.33. The van der Waals surface area contributed by atoms with Crippen LogP contribution >= 0.6 is 0 Å². The number of ether oxygens (including phenoxy) is 3. The first-order valence-electron chi connectivity index (χ1n) is 4.35. The van der Waals surface area contributed by atoms with Gasteiger partial charge in [0.15, 0.2) is 0 Å². The molecule has 0 rings (SSSR count). The van der Waals surface area contributed by atoms with Gasteiger partial charge in [-0.2, -0.15) is 0 Å². The molecule has 0 aromatic carbocycles. The molecule has 0 aliphatic heterocycles. The van der Waals surface area contributed by atoms with Crippen LogP contribution in [0.5, 0.6) is 0 Å². The van der Waals surface area contributed by atoms with Crippen LogP contribution in [0.25, 0.3) is 0 Å². The van der Waals surface area contributed by atoms with E-state index in [1.807, 2.05) is 0 Å². The van der Waals surface area contributed by atoms with E-state index in [9.17, 15) is 0 Å². The third kappa shape index (κ3) is 5.80. The molecule has 0 saturated heterocycles. The molecule has 0 aliphatic rings. The van der Waals surface area contributed by atoms with Gasteiger partial charge >= 0.3 is 0 Å². The van der Waals surface area contributed by atoms with Crippen molar-refractivity contribution in [3.8, 4) is 0 Å². The molecule has 78 valence electrons. The van der Waals surface area contributed by atoms with Crippen LogP contribution in [0.3, 0.4) is 0 Å². The van der Waals surface area contributed by atoms with E-state index >= 15 is 0 Å². The molecule has 0 aromatic rings. The van der Waals surface area contributed by atoms with Crippen LogP contribution < -0.4 is 0 Å². The Bertz CT molecular complexity index is 128. The maximum Gasteiger partial charge on any atom is 0.0645 e. The van der Waals surface area contributed by atoms with E-state index in [1.54, 1.807) is 20.3 Å². The van der Waals surface area contributed by atoms with Gasteiger partial charge in [0.05, 0.1) is 26.4 Å². The van der Waals surface area contributed by atoms with Gasteiger partial charge in [-0.25, -0.2) is 0 Å². The number of hydrogen-bond donors (Lipinski definition) is 0. The van der Waals surface area contributed by atoms with Crippen LogP contribution in [0.2, 0.25) is 0 Å². The van der Waals surface area contributed by atoms with Crippen molar-refractivity contribution in [2.75, 3.05) is 40.6 Å². The molecule has 0 fully saturated rings. The highest BCUT2D eigenvalue weighted by atomic mass is 16.5. The molecular weight excluding hydrogens is 168 g/mol. The van der Waals surface area contributed by atoms with Crippen LogP contribution in [0, 0.1) is 5.41 Å². The fraction of sp³-hybridized carbons (Fsp3) is 0.800. The maximum atomic E-state index is 5.38. The van der Waals surface area contributed by atoms with Gasteiger partial charge in [-0.3, -0.25) is 0 Å². The molecule has 0 bridgehead atoms. The molecule has 0 heterocycles. The molecule has 0 spiro atoms. The van der Waals surface area contributed by atoms with Gasteiger partial charge in [0, 0.05) is 19.6 Å². The van der Waals surface area contributed by atoms with E-state index in [-0.39, 0.29) is 5.41 Å². The Kier molecular flexibility index (Phi) is 6.86. The SMILES string of the molecule is C=CCOCC(C)(COC)COC. The summed E-state index contributed by atoms with van der Waals surface area (Å²) < 4.78 is 15.6. The summed E-state index contributed by atoms with van der Waals surface area (Å²) in [4.78, 5) is 0. The Morgan fingerprint density at radius 1 is 1.15 bits per heavy atom. The van der Waals surface area contributed by atoms with Crippen LogP contribution in [0.15, 0.2) is 12.7 Å². The largest absolute Gasteiger partial charge is 0.384 e. The highest BCUT2D eigenvalue weighted by Gasteiger charge is 2.24. The first-order chi connectivity index (χ1) is 6.18. The molecule has 0 amide bonds. The molecule has 0 N–H and O–H groups in total. The fourth-order valence-electron chi connectivity index (χ4n) is 1.21. The highest BCUT2D eigenvalue weighted by molar-refractivity contribution is 4.74. The highest BCUT2D eigenvalue weighted by Crippen LogP contribution is 2.17. The average Bonchev–Trinajstić information content (AvgIpc) is 2.05. The van der Waals surface area contributed by atoms with Crippen LogP contribution in [0.1, 0.15) is 6.92 Å². The topological polar surface area (TPSA) is 27.7 Å².